The molecule has 7 nitrogen and oxygen atoms in total. The molecule has 0 rings (SSSR count). The lowest BCUT2D eigenvalue weighted by Crippen LogP contribution is -2.46. The molecule has 17 heavy (non-hydrogen) atoms. The Hall–Kier alpha value is -1.63. The Morgan fingerprint density at radius 3 is 2.24 bits per heavy atom. The molecule has 0 saturated carbocycles. The molecule has 0 aromatic heterocycles. The van der Waals surface area contributed by atoms with Crippen LogP contribution in [0.1, 0.15) is 20.8 Å². The zero-order valence-corrected chi connectivity index (χ0v) is 10.1. The number of carboxylic acid groups (broad SMARTS) is 1. The average Bonchev–Trinajstić information content (AvgIpc) is 2.16. The van der Waals surface area contributed by atoms with Gasteiger partial charge in [-0.2, -0.15) is 0 Å². The van der Waals surface area contributed by atoms with E-state index < -0.39 is 31.1 Å². The summed E-state index contributed by atoms with van der Waals surface area (Å²) in [7, 11) is 0. The highest BCUT2D eigenvalue weighted by Crippen LogP contribution is 1.98. The number of amides is 3. The molecule has 1 unspecified atom stereocenters. The molecule has 0 radical (unpaired) electrons. The molecule has 0 bridgehead atoms. The monoisotopic (exact) mass is 246 g/mol. The molecular formula is C10H18N2O5. The smallest absolute Gasteiger partial charge is 0.329 e. The van der Waals surface area contributed by atoms with E-state index in [4.69, 9.17) is 5.11 Å². The number of rotatable bonds is 6. The van der Waals surface area contributed by atoms with Crippen molar-refractivity contribution in [3.8, 4) is 0 Å². The molecule has 0 aromatic carbocycles. The number of imide groups is 1. The van der Waals surface area contributed by atoms with Crippen molar-refractivity contribution in [2.45, 2.75) is 26.8 Å². The second-order valence-electron chi connectivity index (χ2n) is 3.94. The molecule has 0 aromatic rings. The SMILES string of the molecule is CC(C)C(C)NC(=O)NC(=O)COCC(=O)O. The Morgan fingerprint density at radius 1 is 1.18 bits per heavy atom. The van der Waals surface area contributed by atoms with Gasteiger partial charge in [0.2, 0.25) is 0 Å². The number of hydrogen-bond donors (Lipinski definition) is 3. The fourth-order valence-electron chi connectivity index (χ4n) is 0.803. The Kier molecular flexibility index (Phi) is 6.88. The van der Waals surface area contributed by atoms with Gasteiger partial charge < -0.3 is 15.2 Å². The van der Waals surface area contributed by atoms with Gasteiger partial charge in [0.05, 0.1) is 0 Å². The van der Waals surface area contributed by atoms with Crippen molar-refractivity contribution in [2.75, 3.05) is 13.2 Å². The normalized spacial score (nSPS) is 12.0. The van der Waals surface area contributed by atoms with Gasteiger partial charge in [-0.1, -0.05) is 13.8 Å². The van der Waals surface area contributed by atoms with Crippen LogP contribution in [0.5, 0.6) is 0 Å². The van der Waals surface area contributed by atoms with Crippen molar-refractivity contribution in [1.29, 1.82) is 0 Å². The van der Waals surface area contributed by atoms with Gasteiger partial charge >= 0.3 is 12.0 Å². The molecule has 3 amide bonds. The summed E-state index contributed by atoms with van der Waals surface area (Å²) in [5.74, 6) is -1.60. The third-order valence-corrected chi connectivity index (χ3v) is 2.07. The van der Waals surface area contributed by atoms with Gasteiger partial charge in [0.1, 0.15) is 13.2 Å². The third-order valence-electron chi connectivity index (χ3n) is 2.07. The number of carbonyl (C=O) groups excluding carboxylic acids is 2. The van der Waals surface area contributed by atoms with Gasteiger partial charge in [-0.25, -0.2) is 9.59 Å². The highest BCUT2D eigenvalue weighted by molar-refractivity contribution is 5.95. The summed E-state index contributed by atoms with van der Waals surface area (Å²) < 4.78 is 4.52. The van der Waals surface area contributed by atoms with Gasteiger partial charge in [-0.3, -0.25) is 10.1 Å². The summed E-state index contributed by atoms with van der Waals surface area (Å²) in [6.45, 7) is 4.65. The summed E-state index contributed by atoms with van der Waals surface area (Å²) in [6, 6.07) is -0.683. The average molecular weight is 246 g/mol. The van der Waals surface area contributed by atoms with Crippen molar-refractivity contribution in [3.05, 3.63) is 0 Å². The molecule has 0 saturated heterocycles. The van der Waals surface area contributed by atoms with Crippen LogP contribution in [0.15, 0.2) is 0 Å². The first-order valence-corrected chi connectivity index (χ1v) is 5.22. The van der Waals surface area contributed by atoms with Crippen molar-refractivity contribution >= 4 is 17.9 Å². The number of hydrogen-bond acceptors (Lipinski definition) is 4. The topological polar surface area (TPSA) is 105 Å². The zero-order chi connectivity index (χ0) is 13.4. The lowest BCUT2D eigenvalue weighted by Gasteiger charge is -2.17. The number of urea groups is 1. The van der Waals surface area contributed by atoms with E-state index >= 15 is 0 Å². The standard InChI is InChI=1S/C10H18N2O5/c1-6(2)7(3)11-10(16)12-8(13)4-17-5-9(14)15/h6-7H,4-5H2,1-3H3,(H,14,15)(H2,11,12,13,16). The minimum Gasteiger partial charge on any atom is -0.480 e. The fourth-order valence-corrected chi connectivity index (χ4v) is 0.803. The quantitative estimate of drug-likeness (QED) is 0.610. The summed E-state index contributed by atoms with van der Waals surface area (Å²) >= 11 is 0. The maximum atomic E-state index is 11.3. The van der Waals surface area contributed by atoms with E-state index in [0.29, 0.717) is 0 Å². The minimum absolute atomic E-state index is 0.0669. The summed E-state index contributed by atoms with van der Waals surface area (Å²) in [5.41, 5.74) is 0. The molecule has 0 spiro atoms. The highest BCUT2D eigenvalue weighted by atomic mass is 16.5. The van der Waals surface area contributed by atoms with Crippen molar-refractivity contribution in [1.82, 2.24) is 10.6 Å². The van der Waals surface area contributed by atoms with Crippen LogP contribution in [0.2, 0.25) is 0 Å². The molecule has 0 fully saturated rings. The number of carboxylic acids is 1. The third kappa shape index (κ3) is 8.21. The summed E-state index contributed by atoms with van der Waals surface area (Å²) in [4.78, 5) is 32.4. The van der Waals surface area contributed by atoms with Gasteiger partial charge in [-0.15, -0.1) is 0 Å². The Labute approximate surface area is 99.5 Å². The predicted octanol–water partition coefficient (Wildman–Crippen LogP) is -0.0421. The van der Waals surface area contributed by atoms with Crippen LogP contribution in [0.25, 0.3) is 0 Å². The highest BCUT2D eigenvalue weighted by Gasteiger charge is 2.13. The summed E-state index contributed by atoms with van der Waals surface area (Å²) in [5, 5.41) is 12.9. The van der Waals surface area contributed by atoms with E-state index in [2.05, 4.69) is 10.1 Å². The first-order chi connectivity index (χ1) is 7.82. The Bertz CT molecular complexity index is 290. The molecule has 0 aliphatic heterocycles. The number of ether oxygens (including phenoxy) is 1. The maximum Gasteiger partial charge on any atom is 0.329 e. The number of aliphatic carboxylic acids is 1. The van der Waals surface area contributed by atoms with Crippen LogP contribution in [-0.2, 0) is 14.3 Å². The van der Waals surface area contributed by atoms with E-state index in [-0.39, 0.29) is 12.0 Å². The van der Waals surface area contributed by atoms with E-state index in [0.717, 1.165) is 0 Å². The van der Waals surface area contributed by atoms with E-state index in [1.54, 1.807) is 0 Å². The van der Waals surface area contributed by atoms with Gasteiger partial charge in [-0.05, 0) is 12.8 Å². The molecule has 1 atom stereocenters. The molecular weight excluding hydrogens is 228 g/mol. The van der Waals surface area contributed by atoms with Crippen molar-refractivity contribution in [3.63, 3.8) is 0 Å². The van der Waals surface area contributed by atoms with E-state index in [1.807, 2.05) is 26.1 Å². The first-order valence-electron chi connectivity index (χ1n) is 5.22. The van der Waals surface area contributed by atoms with Crippen molar-refractivity contribution in [2.24, 2.45) is 5.92 Å². The van der Waals surface area contributed by atoms with E-state index in [1.165, 1.54) is 0 Å². The first kappa shape index (κ1) is 15.4. The second-order valence-corrected chi connectivity index (χ2v) is 3.94. The Balaban J connectivity index is 3.80. The van der Waals surface area contributed by atoms with Crippen molar-refractivity contribution < 1.29 is 24.2 Å². The van der Waals surface area contributed by atoms with Crippen LogP contribution in [-0.4, -0.2) is 42.3 Å². The summed E-state index contributed by atoms with van der Waals surface area (Å²) in [6.07, 6.45) is 0. The Morgan fingerprint density at radius 2 is 1.76 bits per heavy atom. The minimum atomic E-state index is -1.17. The fraction of sp³-hybridized carbons (Fsp3) is 0.700. The lowest BCUT2D eigenvalue weighted by molar-refractivity contribution is -0.143. The van der Waals surface area contributed by atoms with Crippen LogP contribution < -0.4 is 10.6 Å². The van der Waals surface area contributed by atoms with Crippen LogP contribution in [0.4, 0.5) is 4.79 Å². The molecule has 0 heterocycles. The van der Waals surface area contributed by atoms with E-state index in [9.17, 15) is 14.4 Å². The molecule has 98 valence electrons. The largest absolute Gasteiger partial charge is 0.480 e. The molecule has 7 heteroatoms. The zero-order valence-electron chi connectivity index (χ0n) is 10.1. The predicted molar refractivity (Wildman–Crippen MR) is 59.4 cm³/mol. The van der Waals surface area contributed by atoms with Gasteiger partial charge in [0.15, 0.2) is 0 Å². The van der Waals surface area contributed by atoms with Gasteiger partial charge in [0, 0.05) is 6.04 Å². The molecule has 0 aliphatic rings. The molecule has 0 aliphatic carbocycles. The van der Waals surface area contributed by atoms with Crippen LogP contribution >= 0.6 is 0 Å². The van der Waals surface area contributed by atoms with Crippen LogP contribution in [0, 0.1) is 5.92 Å². The number of carbonyl (C=O) groups is 3. The lowest BCUT2D eigenvalue weighted by atomic mass is 10.1. The van der Waals surface area contributed by atoms with Crippen LogP contribution in [0.3, 0.4) is 0 Å². The second kappa shape index (κ2) is 7.61. The number of nitrogens with one attached hydrogen (secondary N) is 2. The molecule has 3 N–H and O–H groups in total. The maximum absolute atomic E-state index is 11.3. The van der Waals surface area contributed by atoms with Gasteiger partial charge in [0.25, 0.3) is 5.91 Å².